The zero-order valence-electron chi connectivity index (χ0n) is 15.5. The van der Waals surface area contributed by atoms with Gasteiger partial charge in [0, 0.05) is 32.0 Å². The van der Waals surface area contributed by atoms with Crippen LogP contribution in [0.1, 0.15) is 42.9 Å². The summed E-state index contributed by atoms with van der Waals surface area (Å²) < 4.78 is 16.3. The Morgan fingerprint density at radius 3 is 2.78 bits per heavy atom. The van der Waals surface area contributed by atoms with Crippen molar-refractivity contribution in [3.63, 3.8) is 0 Å². The average molecular weight is 484 g/mol. The van der Waals surface area contributed by atoms with Crippen molar-refractivity contribution in [3.05, 3.63) is 47.3 Å². The van der Waals surface area contributed by atoms with Gasteiger partial charge in [-0.3, -0.25) is 4.99 Å². The molecule has 1 aliphatic carbocycles. The topological polar surface area (TPSA) is 67.1 Å². The van der Waals surface area contributed by atoms with Gasteiger partial charge in [0.05, 0.1) is 6.54 Å². The lowest BCUT2D eigenvalue weighted by molar-refractivity contribution is 0.504. The Morgan fingerprint density at radius 1 is 1.22 bits per heavy atom. The standard InChI is InChI=1S/C19H25FN6.HI/c1-21-18(22-12-17-25-24-16-8-4-5-11-26(16)17)23-13-19(9-10-19)14-6-2-3-7-15(14)20;/h2-3,6-7H,4-5,8-13H2,1H3,(H2,21,22,23);1H. The number of hydrogen-bond acceptors (Lipinski definition) is 3. The fourth-order valence-corrected chi connectivity index (χ4v) is 3.72. The number of guanidine groups is 1. The smallest absolute Gasteiger partial charge is 0.191 e. The molecule has 6 nitrogen and oxygen atoms in total. The van der Waals surface area contributed by atoms with Crippen LogP contribution in [0, 0.1) is 5.82 Å². The minimum atomic E-state index is -0.121. The minimum absolute atomic E-state index is 0. The molecule has 2 heterocycles. The van der Waals surface area contributed by atoms with E-state index in [2.05, 4.69) is 30.4 Å². The summed E-state index contributed by atoms with van der Waals surface area (Å²) in [4.78, 5) is 4.29. The van der Waals surface area contributed by atoms with Crippen LogP contribution in [0.15, 0.2) is 29.3 Å². The van der Waals surface area contributed by atoms with Crippen molar-refractivity contribution in [1.29, 1.82) is 0 Å². The third-order valence-corrected chi connectivity index (χ3v) is 5.47. The quantitative estimate of drug-likeness (QED) is 0.389. The minimum Gasteiger partial charge on any atom is -0.356 e. The lowest BCUT2D eigenvalue weighted by Gasteiger charge is -2.20. The summed E-state index contributed by atoms with van der Waals surface area (Å²) in [6.45, 7) is 2.24. The van der Waals surface area contributed by atoms with Crippen LogP contribution in [-0.4, -0.2) is 34.3 Å². The summed E-state index contributed by atoms with van der Waals surface area (Å²) in [6, 6.07) is 7.07. The first-order valence-electron chi connectivity index (χ1n) is 9.32. The molecule has 0 radical (unpaired) electrons. The summed E-state index contributed by atoms with van der Waals surface area (Å²) in [5.74, 6) is 2.61. The van der Waals surface area contributed by atoms with Gasteiger partial charge in [0.2, 0.25) is 0 Å². The number of aliphatic imine (C=N–C) groups is 1. The molecule has 1 aromatic carbocycles. The number of fused-ring (bicyclic) bond motifs is 1. The van der Waals surface area contributed by atoms with E-state index >= 15 is 0 Å². The van der Waals surface area contributed by atoms with E-state index in [4.69, 9.17) is 0 Å². The lowest BCUT2D eigenvalue weighted by atomic mass is 9.95. The van der Waals surface area contributed by atoms with Gasteiger partial charge in [0.25, 0.3) is 0 Å². The maximum Gasteiger partial charge on any atom is 0.191 e. The average Bonchev–Trinajstić information content (AvgIpc) is 3.35. The van der Waals surface area contributed by atoms with Gasteiger partial charge in [-0.25, -0.2) is 4.39 Å². The number of halogens is 2. The van der Waals surface area contributed by atoms with Gasteiger partial charge in [-0.15, -0.1) is 34.2 Å². The summed E-state index contributed by atoms with van der Waals surface area (Å²) >= 11 is 0. The van der Waals surface area contributed by atoms with Crippen LogP contribution < -0.4 is 10.6 Å². The molecule has 1 saturated carbocycles. The molecule has 0 bridgehead atoms. The maximum atomic E-state index is 14.1. The molecule has 0 saturated heterocycles. The highest BCUT2D eigenvalue weighted by Gasteiger charge is 2.45. The largest absolute Gasteiger partial charge is 0.356 e. The molecular weight excluding hydrogens is 458 g/mol. The predicted octanol–water partition coefficient (Wildman–Crippen LogP) is 2.77. The second-order valence-electron chi connectivity index (χ2n) is 7.18. The first-order valence-corrected chi connectivity index (χ1v) is 9.32. The van der Waals surface area contributed by atoms with E-state index in [0.29, 0.717) is 19.0 Å². The highest BCUT2D eigenvalue weighted by molar-refractivity contribution is 14.0. The Bertz CT molecular complexity index is 814. The van der Waals surface area contributed by atoms with Crippen molar-refractivity contribution in [3.8, 4) is 0 Å². The molecule has 0 amide bonds. The van der Waals surface area contributed by atoms with Crippen LogP contribution in [0.2, 0.25) is 0 Å². The zero-order valence-corrected chi connectivity index (χ0v) is 17.9. The van der Waals surface area contributed by atoms with E-state index in [1.54, 1.807) is 13.1 Å². The van der Waals surface area contributed by atoms with Gasteiger partial charge in [-0.2, -0.15) is 0 Å². The number of nitrogens with zero attached hydrogens (tertiary/aromatic N) is 4. The number of aromatic nitrogens is 3. The van der Waals surface area contributed by atoms with Crippen molar-refractivity contribution in [1.82, 2.24) is 25.4 Å². The molecule has 0 unspecified atom stereocenters. The molecular formula is C19H26FIN6. The predicted molar refractivity (Wildman–Crippen MR) is 114 cm³/mol. The van der Waals surface area contributed by atoms with Crippen LogP contribution in [0.3, 0.4) is 0 Å². The molecule has 2 aromatic rings. The van der Waals surface area contributed by atoms with Crippen LogP contribution >= 0.6 is 24.0 Å². The highest BCUT2D eigenvalue weighted by atomic mass is 127. The van der Waals surface area contributed by atoms with E-state index < -0.39 is 0 Å². The van der Waals surface area contributed by atoms with E-state index in [0.717, 1.165) is 43.0 Å². The van der Waals surface area contributed by atoms with E-state index in [1.165, 1.54) is 18.9 Å². The van der Waals surface area contributed by atoms with Gasteiger partial charge >= 0.3 is 0 Å². The van der Waals surface area contributed by atoms with Crippen LogP contribution in [0.5, 0.6) is 0 Å². The normalized spacial score (nSPS) is 17.6. The Kier molecular flexibility index (Phi) is 6.33. The molecule has 8 heteroatoms. The number of nitrogens with one attached hydrogen (secondary N) is 2. The third kappa shape index (κ3) is 4.25. The van der Waals surface area contributed by atoms with E-state index in [9.17, 15) is 4.39 Å². The second kappa shape index (κ2) is 8.53. The second-order valence-corrected chi connectivity index (χ2v) is 7.18. The lowest BCUT2D eigenvalue weighted by Crippen LogP contribution is -2.41. The Hall–Kier alpha value is -1.71. The molecule has 0 atom stereocenters. The first kappa shape index (κ1) is 20.0. The van der Waals surface area contributed by atoms with Gasteiger partial charge < -0.3 is 15.2 Å². The van der Waals surface area contributed by atoms with Crippen molar-refractivity contribution >= 4 is 29.9 Å². The molecule has 0 spiro atoms. The van der Waals surface area contributed by atoms with Crippen LogP contribution in [0.25, 0.3) is 0 Å². The molecule has 1 fully saturated rings. The monoisotopic (exact) mass is 484 g/mol. The Balaban J connectivity index is 0.00000210. The van der Waals surface area contributed by atoms with Crippen LogP contribution in [0.4, 0.5) is 4.39 Å². The van der Waals surface area contributed by atoms with Gasteiger partial charge in [-0.1, -0.05) is 18.2 Å². The van der Waals surface area contributed by atoms with Crippen molar-refractivity contribution in [2.75, 3.05) is 13.6 Å². The molecule has 2 N–H and O–H groups in total. The maximum absolute atomic E-state index is 14.1. The van der Waals surface area contributed by atoms with Crippen molar-refractivity contribution in [2.24, 2.45) is 4.99 Å². The van der Waals surface area contributed by atoms with Crippen molar-refractivity contribution < 1.29 is 4.39 Å². The van der Waals surface area contributed by atoms with Gasteiger partial charge in [-0.05, 0) is 37.3 Å². The first-order chi connectivity index (χ1) is 12.7. The molecule has 1 aliphatic heterocycles. The molecule has 146 valence electrons. The number of aryl methyl sites for hydroxylation is 1. The summed E-state index contributed by atoms with van der Waals surface area (Å²) in [7, 11) is 1.75. The number of benzene rings is 1. The summed E-state index contributed by atoms with van der Waals surface area (Å²) in [5, 5.41) is 15.2. The van der Waals surface area contributed by atoms with Crippen LogP contribution in [-0.2, 0) is 24.9 Å². The van der Waals surface area contributed by atoms with E-state index in [-0.39, 0.29) is 35.2 Å². The van der Waals surface area contributed by atoms with E-state index in [1.807, 2.05) is 12.1 Å². The van der Waals surface area contributed by atoms with Gasteiger partial charge in [0.1, 0.15) is 11.6 Å². The fraction of sp³-hybridized carbons (Fsp3) is 0.526. The zero-order chi connectivity index (χ0) is 18.0. The Morgan fingerprint density at radius 2 is 2.04 bits per heavy atom. The van der Waals surface area contributed by atoms with Gasteiger partial charge in [0.15, 0.2) is 11.8 Å². The van der Waals surface area contributed by atoms with Crippen molar-refractivity contribution in [2.45, 2.75) is 50.6 Å². The Labute approximate surface area is 176 Å². The summed E-state index contributed by atoms with van der Waals surface area (Å²) in [5.41, 5.74) is 0.686. The molecule has 4 rings (SSSR count). The number of rotatable bonds is 5. The number of hydrogen-bond donors (Lipinski definition) is 2. The molecule has 27 heavy (non-hydrogen) atoms. The summed E-state index contributed by atoms with van der Waals surface area (Å²) in [6.07, 6.45) is 5.36. The SMILES string of the molecule is CN=C(NCc1nnc2n1CCCC2)NCC1(c2ccccc2F)CC1.I. The third-order valence-electron chi connectivity index (χ3n) is 5.47. The molecule has 1 aromatic heterocycles. The molecule has 2 aliphatic rings. The fourth-order valence-electron chi connectivity index (χ4n) is 3.72. The highest BCUT2D eigenvalue weighted by Crippen LogP contribution is 2.48.